The molecule has 1 aromatic heterocycles. The van der Waals surface area contributed by atoms with Gasteiger partial charge in [0.2, 0.25) is 0 Å². The van der Waals surface area contributed by atoms with E-state index in [-0.39, 0.29) is 35.6 Å². The fourth-order valence-electron chi connectivity index (χ4n) is 2.75. The van der Waals surface area contributed by atoms with Crippen LogP contribution in [-0.2, 0) is 10.0 Å². The van der Waals surface area contributed by atoms with Crippen LogP contribution in [0.2, 0.25) is 0 Å². The molecule has 0 saturated heterocycles. The van der Waals surface area contributed by atoms with Crippen molar-refractivity contribution in [3.63, 3.8) is 0 Å². The zero-order valence-corrected chi connectivity index (χ0v) is 18.0. The highest BCUT2D eigenvalue weighted by Gasteiger charge is 2.16. The summed E-state index contributed by atoms with van der Waals surface area (Å²) in [5, 5.41) is 5.28. The molecule has 0 unspecified atom stereocenters. The highest BCUT2D eigenvalue weighted by atomic mass is 32.2. The Morgan fingerprint density at radius 2 is 1.55 bits per heavy atom. The van der Waals surface area contributed by atoms with Gasteiger partial charge in [-0.3, -0.25) is 14.3 Å². The monoisotopic (exact) mass is 441 g/mol. The van der Waals surface area contributed by atoms with E-state index in [1.165, 1.54) is 30.5 Å². The Kier molecular flexibility index (Phi) is 6.76. The van der Waals surface area contributed by atoms with Crippen molar-refractivity contribution in [2.75, 3.05) is 17.8 Å². The topological polar surface area (TPSA) is 118 Å². The Morgan fingerprint density at radius 3 is 2.16 bits per heavy atom. The smallest absolute Gasteiger partial charge is 0.287 e. The second-order valence-corrected chi connectivity index (χ2v) is 8.60. The Bertz CT molecular complexity index is 1170. The maximum absolute atomic E-state index is 12.6. The van der Waals surface area contributed by atoms with Crippen LogP contribution >= 0.6 is 0 Å². The Balaban J connectivity index is 1.54. The minimum Gasteiger partial charge on any atom is -0.459 e. The van der Waals surface area contributed by atoms with Gasteiger partial charge in [0.1, 0.15) is 0 Å². The van der Waals surface area contributed by atoms with Gasteiger partial charge >= 0.3 is 0 Å². The van der Waals surface area contributed by atoms with Crippen molar-refractivity contribution in [1.82, 2.24) is 10.6 Å². The molecule has 3 aromatic rings. The van der Waals surface area contributed by atoms with Crippen molar-refractivity contribution in [2.45, 2.75) is 18.7 Å². The number of furan rings is 1. The molecule has 1 heterocycles. The van der Waals surface area contributed by atoms with E-state index in [1.807, 2.05) is 19.9 Å². The molecule has 0 bridgehead atoms. The predicted octanol–water partition coefficient (Wildman–Crippen LogP) is 2.86. The van der Waals surface area contributed by atoms with Gasteiger partial charge in [-0.15, -0.1) is 0 Å². The first-order chi connectivity index (χ1) is 14.8. The summed E-state index contributed by atoms with van der Waals surface area (Å²) in [6.07, 6.45) is 1.40. The zero-order chi connectivity index (χ0) is 22.4. The van der Waals surface area contributed by atoms with E-state index < -0.39 is 10.0 Å². The van der Waals surface area contributed by atoms with Crippen LogP contribution in [0.1, 0.15) is 32.0 Å². The number of amides is 2. The third-order valence-corrected chi connectivity index (χ3v) is 6.02. The van der Waals surface area contributed by atoms with Crippen molar-refractivity contribution in [1.29, 1.82) is 0 Å². The largest absolute Gasteiger partial charge is 0.459 e. The van der Waals surface area contributed by atoms with Crippen LogP contribution < -0.4 is 15.4 Å². The van der Waals surface area contributed by atoms with Crippen LogP contribution in [0.3, 0.4) is 0 Å². The molecule has 0 aliphatic rings. The van der Waals surface area contributed by atoms with Crippen molar-refractivity contribution in [3.05, 3.63) is 83.3 Å². The summed E-state index contributed by atoms with van der Waals surface area (Å²) < 4.78 is 32.7. The average Bonchev–Trinajstić information content (AvgIpc) is 3.28. The summed E-state index contributed by atoms with van der Waals surface area (Å²) in [5.41, 5.74) is 2.83. The molecule has 2 amide bonds. The van der Waals surface area contributed by atoms with Gasteiger partial charge in [0.05, 0.1) is 11.2 Å². The van der Waals surface area contributed by atoms with Crippen molar-refractivity contribution >= 4 is 27.5 Å². The molecule has 0 fully saturated rings. The number of rotatable bonds is 8. The molecule has 162 valence electrons. The number of hydrogen-bond acceptors (Lipinski definition) is 5. The molecule has 31 heavy (non-hydrogen) atoms. The van der Waals surface area contributed by atoms with Gasteiger partial charge in [0, 0.05) is 24.3 Å². The molecule has 0 radical (unpaired) electrons. The van der Waals surface area contributed by atoms with Crippen LogP contribution in [0.25, 0.3) is 0 Å². The molecular formula is C22H23N3O5S. The maximum atomic E-state index is 12.6. The predicted molar refractivity (Wildman–Crippen MR) is 117 cm³/mol. The lowest BCUT2D eigenvalue weighted by molar-refractivity contribution is 0.0910. The summed E-state index contributed by atoms with van der Waals surface area (Å²) in [6, 6.07) is 14.1. The summed E-state index contributed by atoms with van der Waals surface area (Å²) in [5.74, 6) is -0.555. The van der Waals surface area contributed by atoms with Crippen LogP contribution in [0.4, 0.5) is 5.69 Å². The molecule has 0 atom stereocenters. The minimum absolute atomic E-state index is 0.0491. The Hall–Kier alpha value is -3.59. The van der Waals surface area contributed by atoms with Gasteiger partial charge in [0.15, 0.2) is 5.76 Å². The van der Waals surface area contributed by atoms with Crippen molar-refractivity contribution in [2.24, 2.45) is 0 Å². The quantitative estimate of drug-likeness (QED) is 0.465. The SMILES string of the molecule is Cc1ccc(NS(=O)(=O)c2ccc(C(=O)NCCNC(=O)c3ccco3)cc2)cc1C. The summed E-state index contributed by atoms with van der Waals surface area (Å²) in [4.78, 5) is 24.0. The third-order valence-electron chi connectivity index (χ3n) is 4.63. The minimum atomic E-state index is -3.78. The van der Waals surface area contributed by atoms with Crippen LogP contribution in [0, 0.1) is 13.8 Å². The third kappa shape index (κ3) is 5.73. The Morgan fingerprint density at radius 1 is 0.871 bits per heavy atom. The lowest BCUT2D eigenvalue weighted by atomic mass is 10.1. The lowest BCUT2D eigenvalue weighted by Crippen LogP contribution is -2.34. The van der Waals surface area contributed by atoms with Gasteiger partial charge in [-0.25, -0.2) is 8.42 Å². The van der Waals surface area contributed by atoms with E-state index in [1.54, 1.807) is 24.3 Å². The number of carbonyl (C=O) groups is 2. The van der Waals surface area contributed by atoms with Crippen LogP contribution in [0.5, 0.6) is 0 Å². The van der Waals surface area contributed by atoms with E-state index in [9.17, 15) is 18.0 Å². The first kappa shape index (κ1) is 22.1. The molecule has 3 rings (SSSR count). The van der Waals surface area contributed by atoms with Gasteiger partial charge in [-0.2, -0.15) is 0 Å². The highest BCUT2D eigenvalue weighted by molar-refractivity contribution is 7.92. The molecule has 8 nitrogen and oxygen atoms in total. The van der Waals surface area contributed by atoms with E-state index in [2.05, 4.69) is 15.4 Å². The molecule has 0 aliphatic heterocycles. The van der Waals surface area contributed by atoms with Gasteiger partial charge in [0.25, 0.3) is 21.8 Å². The van der Waals surface area contributed by atoms with E-state index in [4.69, 9.17) is 4.42 Å². The lowest BCUT2D eigenvalue weighted by Gasteiger charge is -2.11. The highest BCUT2D eigenvalue weighted by Crippen LogP contribution is 2.19. The molecule has 3 N–H and O–H groups in total. The number of sulfonamides is 1. The van der Waals surface area contributed by atoms with Crippen molar-refractivity contribution < 1.29 is 22.4 Å². The molecule has 2 aromatic carbocycles. The number of aryl methyl sites for hydroxylation is 2. The molecular weight excluding hydrogens is 418 g/mol. The number of benzene rings is 2. The van der Waals surface area contributed by atoms with Gasteiger partial charge in [-0.05, 0) is 73.5 Å². The van der Waals surface area contributed by atoms with E-state index in [0.29, 0.717) is 11.3 Å². The number of carbonyl (C=O) groups excluding carboxylic acids is 2. The maximum Gasteiger partial charge on any atom is 0.287 e. The second-order valence-electron chi connectivity index (χ2n) is 6.92. The van der Waals surface area contributed by atoms with E-state index >= 15 is 0 Å². The zero-order valence-electron chi connectivity index (χ0n) is 17.1. The van der Waals surface area contributed by atoms with E-state index in [0.717, 1.165) is 11.1 Å². The van der Waals surface area contributed by atoms with Crippen molar-refractivity contribution in [3.8, 4) is 0 Å². The molecule has 9 heteroatoms. The fraction of sp³-hybridized carbons (Fsp3) is 0.182. The Labute approximate surface area is 180 Å². The van der Waals surface area contributed by atoms with Crippen LogP contribution in [-0.4, -0.2) is 33.3 Å². The number of anilines is 1. The first-order valence-electron chi connectivity index (χ1n) is 9.56. The standard InChI is InChI=1S/C22H23N3O5S/c1-15-5-8-18(14-16(15)2)25-31(28,29)19-9-6-17(7-10-19)21(26)23-11-12-24-22(27)20-4-3-13-30-20/h3-10,13-14,25H,11-12H2,1-2H3,(H,23,26)(H,24,27). The fourth-order valence-corrected chi connectivity index (χ4v) is 3.80. The molecule has 0 spiro atoms. The van der Waals surface area contributed by atoms with Crippen LogP contribution in [0.15, 0.2) is 70.2 Å². The summed E-state index contributed by atoms with van der Waals surface area (Å²) in [6.45, 7) is 4.28. The van der Waals surface area contributed by atoms with Gasteiger partial charge < -0.3 is 15.1 Å². The van der Waals surface area contributed by atoms with Gasteiger partial charge in [-0.1, -0.05) is 6.07 Å². The normalized spacial score (nSPS) is 11.0. The summed E-state index contributed by atoms with van der Waals surface area (Å²) in [7, 11) is -3.78. The average molecular weight is 442 g/mol. The summed E-state index contributed by atoms with van der Waals surface area (Å²) >= 11 is 0. The number of hydrogen-bond donors (Lipinski definition) is 3. The molecule has 0 saturated carbocycles. The second kappa shape index (κ2) is 9.48. The molecule has 0 aliphatic carbocycles. The number of nitrogens with one attached hydrogen (secondary N) is 3. The first-order valence-corrected chi connectivity index (χ1v) is 11.0.